The second-order valence-corrected chi connectivity index (χ2v) is 20.9. The van der Waals surface area contributed by atoms with E-state index in [4.69, 9.17) is 28.9 Å². The quantitative estimate of drug-likeness (QED) is 0.0213. The number of aliphatic hydroxyl groups excluding tert-OH is 2. The number of allylic oxidation sites excluding steroid dienone is 1. The molecule has 1 aliphatic heterocycles. The molecule has 0 bridgehead atoms. The predicted octanol–water partition coefficient (Wildman–Crippen LogP) is 14.2. The Morgan fingerprint density at radius 2 is 1.56 bits per heavy atom. The monoisotopic (exact) mass is 1000 g/mol. The van der Waals surface area contributed by atoms with Crippen molar-refractivity contribution >= 4 is 34.3 Å². The Hall–Kier alpha value is -4.81. The first-order chi connectivity index (χ1) is 35.5. The van der Waals surface area contributed by atoms with Crippen LogP contribution >= 0.6 is 11.8 Å². The standard InChI is InChI=1S/C61H82N2O8S/c1-4-7-8-9-10-11-12-13-14-24-39-68-60(66)63(45-48-29-25-28-46-26-18-19-32-51(46)48)57-44-55(62-70-6-3)53-42-47(27-20-22-36-64)52(33-21-23-37-65)58-54-43-49(67-40-41-72-50-30-16-15-17-31-50)34-35-56(54)71-61(57,59(53)58)69-38-5-2/h5,15-19,25-26,28-32,34-35,42-43,47,52,57-59,64-65H,2,4,6-14,20-24,27,33,36-41,44-45H2,1,3H3. The van der Waals surface area contributed by atoms with Gasteiger partial charge in [0, 0.05) is 41.8 Å². The first kappa shape index (κ1) is 55.0. The van der Waals surface area contributed by atoms with Gasteiger partial charge in [0.2, 0.25) is 5.79 Å². The van der Waals surface area contributed by atoms with Crippen LogP contribution in [0.15, 0.2) is 125 Å². The van der Waals surface area contributed by atoms with Crippen LogP contribution < -0.4 is 9.47 Å². The van der Waals surface area contributed by atoms with E-state index in [1.165, 1.54) is 49.8 Å². The topological polar surface area (TPSA) is 119 Å². The van der Waals surface area contributed by atoms with Crippen LogP contribution in [-0.2, 0) is 20.9 Å². The van der Waals surface area contributed by atoms with Gasteiger partial charge in [-0.2, -0.15) is 0 Å². The first-order valence-corrected chi connectivity index (χ1v) is 28.4. The zero-order valence-corrected chi connectivity index (χ0v) is 44.0. The molecule has 3 aliphatic rings. The summed E-state index contributed by atoms with van der Waals surface area (Å²) in [6.07, 6.45) is 20.6. The Balaban J connectivity index is 1.30. The molecule has 2 N–H and O–H groups in total. The number of aliphatic hydroxyl groups is 2. The molecule has 1 heterocycles. The third-order valence-corrected chi connectivity index (χ3v) is 15.8. The van der Waals surface area contributed by atoms with Gasteiger partial charge in [0.05, 0.1) is 38.0 Å². The number of nitrogens with zero attached hydrogens (tertiary/aromatic N) is 2. The van der Waals surface area contributed by atoms with Gasteiger partial charge in [0.25, 0.3) is 0 Å². The molecule has 6 unspecified atom stereocenters. The van der Waals surface area contributed by atoms with Gasteiger partial charge in [0.1, 0.15) is 24.1 Å². The summed E-state index contributed by atoms with van der Waals surface area (Å²) in [7, 11) is 0. The summed E-state index contributed by atoms with van der Waals surface area (Å²) >= 11 is 1.76. The number of hydrogen-bond acceptors (Lipinski definition) is 10. The largest absolute Gasteiger partial charge is 0.493 e. The van der Waals surface area contributed by atoms with Crippen LogP contribution in [0.25, 0.3) is 10.8 Å². The molecule has 72 heavy (non-hydrogen) atoms. The summed E-state index contributed by atoms with van der Waals surface area (Å²) in [6.45, 7) is 10.2. The number of amides is 1. The van der Waals surface area contributed by atoms with E-state index in [9.17, 15) is 10.2 Å². The average molecular weight is 1000 g/mol. The van der Waals surface area contributed by atoms with Gasteiger partial charge in [-0.05, 0) is 103 Å². The lowest BCUT2D eigenvalue weighted by Crippen LogP contribution is -2.70. The minimum absolute atomic E-state index is 0.0872. The fraction of sp³-hybridized carbons (Fsp3) is 0.541. The van der Waals surface area contributed by atoms with Gasteiger partial charge in [-0.3, -0.25) is 4.90 Å². The van der Waals surface area contributed by atoms with Gasteiger partial charge in [-0.25, -0.2) is 4.79 Å². The Morgan fingerprint density at radius 3 is 2.31 bits per heavy atom. The molecule has 0 aromatic heterocycles. The second kappa shape index (κ2) is 29.2. The molecule has 2 aliphatic carbocycles. The lowest BCUT2D eigenvalue weighted by Gasteiger charge is -2.60. The molecular weight excluding hydrogens is 921 g/mol. The Kier molecular flexibility index (Phi) is 22.3. The fourth-order valence-corrected chi connectivity index (χ4v) is 12.2. The molecule has 11 heteroatoms. The Labute approximate surface area is 434 Å². The van der Waals surface area contributed by atoms with Crippen molar-refractivity contribution in [2.24, 2.45) is 22.9 Å². The average Bonchev–Trinajstić information content (AvgIpc) is 3.40. The first-order valence-electron chi connectivity index (χ1n) is 27.4. The van der Waals surface area contributed by atoms with Crippen LogP contribution in [0.3, 0.4) is 0 Å². The third-order valence-electron chi connectivity index (χ3n) is 14.9. The highest BCUT2D eigenvalue weighted by molar-refractivity contribution is 7.99. The van der Waals surface area contributed by atoms with Crippen LogP contribution in [0.2, 0.25) is 0 Å². The molecule has 1 amide bonds. The van der Waals surface area contributed by atoms with Gasteiger partial charge >= 0.3 is 6.09 Å². The lowest BCUT2D eigenvalue weighted by molar-refractivity contribution is -0.256. The molecule has 0 saturated heterocycles. The Morgan fingerprint density at radius 1 is 0.833 bits per heavy atom. The summed E-state index contributed by atoms with van der Waals surface area (Å²) in [5.41, 5.74) is 3.78. The van der Waals surface area contributed by atoms with Crippen molar-refractivity contribution in [1.82, 2.24) is 4.90 Å². The molecule has 4 aromatic carbocycles. The van der Waals surface area contributed by atoms with Gasteiger partial charge in [-0.15, -0.1) is 18.3 Å². The van der Waals surface area contributed by atoms with Crippen molar-refractivity contribution in [1.29, 1.82) is 0 Å². The van der Waals surface area contributed by atoms with E-state index >= 15 is 4.79 Å². The number of benzene rings is 4. The van der Waals surface area contributed by atoms with Gasteiger partial charge < -0.3 is 34.0 Å². The number of rotatable bonds is 32. The van der Waals surface area contributed by atoms with Crippen LogP contribution in [0.4, 0.5) is 4.79 Å². The smallest absolute Gasteiger partial charge is 0.410 e. The van der Waals surface area contributed by atoms with Gasteiger partial charge in [-0.1, -0.05) is 156 Å². The SMILES string of the molecule is C=CCOC12Oc3ccc(OCCSc4ccccc4)cc3C3C(CCCCO)C(CCCCO)C=C(C(=NOCC)CC1N(Cc1cccc4ccccc14)C(=O)OCCCCCCCCCCCC)C32. The minimum atomic E-state index is -1.41. The number of ether oxygens (including phenoxy) is 4. The molecule has 4 aromatic rings. The fourth-order valence-electron chi connectivity index (χ4n) is 11.5. The van der Waals surface area contributed by atoms with E-state index < -0.39 is 23.8 Å². The Bertz CT molecular complexity index is 2330. The van der Waals surface area contributed by atoms with Crippen LogP contribution in [0.1, 0.15) is 140 Å². The normalized spacial score (nSPS) is 21.6. The van der Waals surface area contributed by atoms with Crippen LogP contribution in [0, 0.1) is 17.8 Å². The number of carbonyl (C=O) groups excluding carboxylic acids is 1. The van der Waals surface area contributed by atoms with Crippen molar-refractivity contribution < 1.29 is 38.8 Å². The number of hydrogen-bond donors (Lipinski definition) is 2. The maximum absolute atomic E-state index is 15.3. The van der Waals surface area contributed by atoms with Crippen molar-refractivity contribution in [3.8, 4) is 11.5 Å². The zero-order valence-electron chi connectivity index (χ0n) is 43.2. The van der Waals surface area contributed by atoms with Crippen molar-refractivity contribution in [3.63, 3.8) is 0 Å². The maximum Gasteiger partial charge on any atom is 0.410 e. The lowest BCUT2D eigenvalue weighted by atomic mass is 9.55. The molecular formula is C61H82N2O8S. The van der Waals surface area contributed by atoms with Crippen molar-refractivity contribution in [2.45, 2.75) is 152 Å². The summed E-state index contributed by atoms with van der Waals surface area (Å²) in [4.78, 5) is 24.3. The number of thioether (sulfide) groups is 1. The van der Waals surface area contributed by atoms with E-state index in [0.717, 1.165) is 89.6 Å². The summed E-state index contributed by atoms with van der Waals surface area (Å²) in [5, 5.41) is 27.2. The molecule has 1 saturated carbocycles. The van der Waals surface area contributed by atoms with Crippen LogP contribution in [0.5, 0.6) is 11.5 Å². The highest BCUT2D eigenvalue weighted by Crippen LogP contribution is 2.62. The number of carbonyl (C=O) groups is 1. The number of fused-ring (bicyclic) bond motifs is 3. The van der Waals surface area contributed by atoms with E-state index in [0.29, 0.717) is 44.8 Å². The third kappa shape index (κ3) is 14.3. The highest BCUT2D eigenvalue weighted by atomic mass is 32.2. The minimum Gasteiger partial charge on any atom is -0.493 e. The van der Waals surface area contributed by atoms with Crippen LogP contribution in [-0.4, -0.2) is 84.1 Å². The second-order valence-electron chi connectivity index (χ2n) is 19.8. The van der Waals surface area contributed by atoms with E-state index in [1.54, 1.807) is 17.8 Å². The molecule has 7 rings (SSSR count). The number of unbranched alkanes of at least 4 members (excludes halogenated alkanes) is 11. The molecule has 0 radical (unpaired) electrons. The summed E-state index contributed by atoms with van der Waals surface area (Å²) in [6, 6.07) is 30.4. The summed E-state index contributed by atoms with van der Waals surface area (Å²) < 4.78 is 27.8. The van der Waals surface area contributed by atoms with E-state index in [2.05, 4.69) is 80.2 Å². The van der Waals surface area contributed by atoms with Crippen molar-refractivity contribution in [2.75, 3.05) is 45.4 Å². The van der Waals surface area contributed by atoms with E-state index in [-0.39, 0.29) is 44.1 Å². The molecule has 0 spiro atoms. The van der Waals surface area contributed by atoms with Gasteiger partial charge in [0.15, 0.2) is 0 Å². The van der Waals surface area contributed by atoms with E-state index in [1.807, 2.05) is 42.2 Å². The highest BCUT2D eigenvalue weighted by Gasteiger charge is 2.65. The molecule has 6 atom stereocenters. The van der Waals surface area contributed by atoms with Crippen molar-refractivity contribution in [3.05, 3.63) is 126 Å². The molecule has 390 valence electrons. The summed E-state index contributed by atoms with van der Waals surface area (Å²) in [5.74, 6) is 0.409. The maximum atomic E-state index is 15.3. The predicted molar refractivity (Wildman–Crippen MR) is 292 cm³/mol. The number of oxime groups is 1. The zero-order chi connectivity index (χ0) is 50.4. The molecule has 1 fully saturated rings. The molecule has 10 nitrogen and oxygen atoms in total.